The highest BCUT2D eigenvalue weighted by molar-refractivity contribution is 6.23. The molecule has 8 nitrogen and oxygen atoms in total. The van der Waals surface area contributed by atoms with Gasteiger partial charge in [0.25, 0.3) is 17.4 Å². The van der Waals surface area contributed by atoms with Crippen LogP contribution < -0.4 is 10.9 Å². The van der Waals surface area contributed by atoms with Crippen LogP contribution in [0.3, 0.4) is 0 Å². The van der Waals surface area contributed by atoms with Crippen molar-refractivity contribution in [2.45, 2.75) is 12.5 Å². The molecule has 4 aromatic rings. The number of nitrogens with one attached hydrogen (secondary N) is 2. The fraction of sp³-hybridized carbons (Fsp3) is 0.0741. The van der Waals surface area contributed by atoms with Crippen LogP contribution in [0, 0.1) is 0 Å². The van der Waals surface area contributed by atoms with Crippen molar-refractivity contribution in [3.05, 3.63) is 118 Å². The van der Waals surface area contributed by atoms with Crippen molar-refractivity contribution >= 4 is 23.4 Å². The van der Waals surface area contributed by atoms with Crippen LogP contribution in [-0.4, -0.2) is 38.9 Å². The number of fused-ring (bicyclic) bond motifs is 1. The molecule has 35 heavy (non-hydrogen) atoms. The number of rotatable bonds is 6. The van der Waals surface area contributed by atoms with Gasteiger partial charge in [-0.15, -0.1) is 0 Å². The van der Waals surface area contributed by atoms with E-state index in [1.165, 1.54) is 6.07 Å². The standard InChI is InChI=1S/C27H20N4O4/c32-24-14-13-22(29-30-24)18-9-6-10-19(16-18)28-25(33)23(15-17-7-2-1-3-8-17)31-26(34)20-11-4-5-12-21(20)27(31)35/h1-14,16,23H,15H2,(H,28,33)(H,30,32). The highest BCUT2D eigenvalue weighted by Crippen LogP contribution is 2.27. The van der Waals surface area contributed by atoms with Gasteiger partial charge < -0.3 is 5.32 Å². The van der Waals surface area contributed by atoms with Gasteiger partial charge >= 0.3 is 0 Å². The van der Waals surface area contributed by atoms with Crippen molar-refractivity contribution in [3.63, 3.8) is 0 Å². The first-order chi connectivity index (χ1) is 17.0. The minimum atomic E-state index is -1.06. The van der Waals surface area contributed by atoms with Crippen LogP contribution >= 0.6 is 0 Å². The monoisotopic (exact) mass is 464 g/mol. The van der Waals surface area contributed by atoms with E-state index in [0.29, 0.717) is 16.9 Å². The minimum Gasteiger partial charge on any atom is -0.324 e. The average molecular weight is 464 g/mol. The Hall–Kier alpha value is -4.85. The summed E-state index contributed by atoms with van der Waals surface area (Å²) in [6.07, 6.45) is 0.166. The Bertz CT molecular complexity index is 1440. The third-order valence-electron chi connectivity index (χ3n) is 5.82. The van der Waals surface area contributed by atoms with Crippen LogP contribution in [0.25, 0.3) is 11.3 Å². The van der Waals surface area contributed by atoms with Gasteiger partial charge in [-0.3, -0.25) is 24.1 Å². The summed E-state index contributed by atoms with van der Waals surface area (Å²) < 4.78 is 0. The first-order valence-electron chi connectivity index (χ1n) is 11.0. The van der Waals surface area contributed by atoms with E-state index in [0.717, 1.165) is 10.5 Å². The number of benzene rings is 3. The number of nitrogens with zero attached hydrogens (tertiary/aromatic N) is 2. The smallest absolute Gasteiger partial charge is 0.264 e. The van der Waals surface area contributed by atoms with Crippen molar-refractivity contribution in [2.75, 3.05) is 5.32 Å². The van der Waals surface area contributed by atoms with Crippen LogP contribution in [0.5, 0.6) is 0 Å². The summed E-state index contributed by atoms with van der Waals surface area (Å²) in [5.74, 6) is -1.48. The molecular formula is C27H20N4O4. The Morgan fingerprint density at radius 2 is 1.51 bits per heavy atom. The fourth-order valence-corrected chi connectivity index (χ4v) is 4.12. The lowest BCUT2D eigenvalue weighted by atomic mass is 10.0. The number of H-pyrrole nitrogens is 1. The predicted octanol–water partition coefficient (Wildman–Crippen LogP) is 3.28. The summed E-state index contributed by atoms with van der Waals surface area (Å²) in [6, 6.07) is 24.6. The predicted molar refractivity (Wildman–Crippen MR) is 130 cm³/mol. The van der Waals surface area contributed by atoms with E-state index in [2.05, 4.69) is 15.5 Å². The van der Waals surface area contributed by atoms with Crippen LogP contribution in [0.2, 0.25) is 0 Å². The van der Waals surface area contributed by atoms with Crippen molar-refractivity contribution < 1.29 is 14.4 Å². The van der Waals surface area contributed by atoms with E-state index in [1.807, 2.05) is 30.3 Å². The van der Waals surface area contributed by atoms with Gasteiger partial charge in [0.1, 0.15) is 6.04 Å². The number of hydrogen-bond acceptors (Lipinski definition) is 5. The second-order valence-electron chi connectivity index (χ2n) is 8.11. The molecule has 1 unspecified atom stereocenters. The molecule has 0 bridgehead atoms. The zero-order valence-corrected chi connectivity index (χ0v) is 18.5. The molecule has 3 amide bonds. The van der Waals surface area contributed by atoms with Gasteiger partial charge in [0.05, 0.1) is 16.8 Å². The lowest BCUT2D eigenvalue weighted by Gasteiger charge is -2.25. The van der Waals surface area contributed by atoms with Gasteiger partial charge in [0, 0.05) is 23.7 Å². The number of aromatic amines is 1. The van der Waals surface area contributed by atoms with E-state index in [-0.39, 0.29) is 23.1 Å². The second kappa shape index (κ2) is 9.18. The first kappa shape index (κ1) is 22.0. The number of carbonyl (C=O) groups excluding carboxylic acids is 3. The molecule has 0 aliphatic carbocycles. The Labute approximate surface area is 200 Å². The molecular weight excluding hydrogens is 444 g/mol. The van der Waals surface area contributed by atoms with Gasteiger partial charge in [-0.1, -0.05) is 54.6 Å². The lowest BCUT2D eigenvalue weighted by molar-refractivity contribution is -0.119. The summed E-state index contributed by atoms with van der Waals surface area (Å²) in [7, 11) is 0. The largest absolute Gasteiger partial charge is 0.324 e. The Morgan fingerprint density at radius 1 is 0.829 bits per heavy atom. The fourth-order valence-electron chi connectivity index (χ4n) is 4.12. The quantitative estimate of drug-likeness (QED) is 0.425. The van der Waals surface area contributed by atoms with Gasteiger partial charge in [-0.2, -0.15) is 5.10 Å². The maximum Gasteiger partial charge on any atom is 0.264 e. The maximum atomic E-state index is 13.5. The highest BCUT2D eigenvalue weighted by Gasteiger charge is 2.42. The SMILES string of the molecule is O=C(Nc1cccc(-c2ccc(=O)[nH]n2)c1)C(Cc1ccccc1)N1C(=O)c2ccccc2C1=O. The molecule has 1 atom stereocenters. The molecule has 8 heteroatoms. The molecule has 0 saturated heterocycles. The second-order valence-corrected chi connectivity index (χ2v) is 8.11. The normalized spacial score (nSPS) is 13.4. The summed E-state index contributed by atoms with van der Waals surface area (Å²) in [4.78, 5) is 52.2. The third-order valence-corrected chi connectivity index (χ3v) is 5.82. The molecule has 3 aromatic carbocycles. The molecule has 172 valence electrons. The minimum absolute atomic E-state index is 0.166. The molecule has 0 spiro atoms. The van der Waals surface area contributed by atoms with Crippen molar-refractivity contribution in [2.24, 2.45) is 0 Å². The van der Waals surface area contributed by atoms with E-state index >= 15 is 0 Å². The van der Waals surface area contributed by atoms with E-state index in [4.69, 9.17) is 0 Å². The lowest BCUT2D eigenvalue weighted by Crippen LogP contribution is -2.48. The molecule has 2 heterocycles. The van der Waals surface area contributed by atoms with Crippen molar-refractivity contribution in [3.8, 4) is 11.3 Å². The number of imide groups is 1. The highest BCUT2D eigenvalue weighted by atomic mass is 16.2. The van der Waals surface area contributed by atoms with Crippen LogP contribution in [0.15, 0.2) is 95.8 Å². The van der Waals surface area contributed by atoms with Crippen LogP contribution in [-0.2, 0) is 11.2 Å². The molecule has 0 fully saturated rings. The Balaban J connectivity index is 1.46. The van der Waals surface area contributed by atoms with E-state index < -0.39 is 23.8 Å². The zero-order valence-electron chi connectivity index (χ0n) is 18.5. The Kier molecular flexibility index (Phi) is 5.76. The van der Waals surface area contributed by atoms with E-state index in [1.54, 1.807) is 54.6 Å². The van der Waals surface area contributed by atoms with Crippen LogP contribution in [0.1, 0.15) is 26.3 Å². The van der Waals surface area contributed by atoms with Gasteiger partial charge in [-0.25, -0.2) is 5.10 Å². The number of anilines is 1. The topological polar surface area (TPSA) is 112 Å². The molecule has 5 rings (SSSR count). The molecule has 1 aliphatic rings. The zero-order chi connectivity index (χ0) is 24.4. The molecule has 1 aliphatic heterocycles. The molecule has 0 saturated carbocycles. The maximum absolute atomic E-state index is 13.5. The molecule has 2 N–H and O–H groups in total. The third kappa shape index (κ3) is 4.37. The van der Waals surface area contributed by atoms with Crippen LogP contribution in [0.4, 0.5) is 5.69 Å². The molecule has 0 radical (unpaired) electrons. The number of aromatic nitrogens is 2. The van der Waals surface area contributed by atoms with Gasteiger partial charge in [0.2, 0.25) is 5.91 Å². The summed E-state index contributed by atoms with van der Waals surface area (Å²) in [5, 5.41) is 9.25. The number of amides is 3. The summed E-state index contributed by atoms with van der Waals surface area (Å²) >= 11 is 0. The van der Waals surface area contributed by atoms with E-state index in [9.17, 15) is 19.2 Å². The van der Waals surface area contributed by atoms with Gasteiger partial charge in [-0.05, 0) is 35.9 Å². The molecule has 1 aromatic heterocycles. The Morgan fingerprint density at radius 3 is 2.17 bits per heavy atom. The van der Waals surface area contributed by atoms with Crippen molar-refractivity contribution in [1.29, 1.82) is 0 Å². The number of carbonyl (C=O) groups is 3. The van der Waals surface area contributed by atoms with Gasteiger partial charge in [0.15, 0.2) is 0 Å². The van der Waals surface area contributed by atoms with Crippen molar-refractivity contribution in [1.82, 2.24) is 15.1 Å². The number of hydrogen-bond donors (Lipinski definition) is 2. The first-order valence-corrected chi connectivity index (χ1v) is 11.0. The summed E-state index contributed by atoms with van der Waals surface area (Å²) in [6.45, 7) is 0. The summed E-state index contributed by atoms with van der Waals surface area (Å²) in [5.41, 5.74) is 2.75. The average Bonchev–Trinajstić information content (AvgIpc) is 3.13.